The first kappa shape index (κ1) is 17.1. The van der Waals surface area contributed by atoms with Crippen molar-refractivity contribution in [2.75, 3.05) is 18.1 Å². The van der Waals surface area contributed by atoms with Crippen LogP contribution in [0.4, 0.5) is 0 Å². The fraction of sp³-hybridized carbons (Fsp3) is 0.938. The number of thioether (sulfide) groups is 1. The molecule has 1 saturated heterocycles. The summed E-state index contributed by atoms with van der Waals surface area (Å²) in [6.07, 6.45) is 6.61. The van der Waals surface area contributed by atoms with E-state index in [9.17, 15) is 9.90 Å². The fourth-order valence-corrected chi connectivity index (χ4v) is 4.88. The van der Waals surface area contributed by atoms with Gasteiger partial charge < -0.3 is 9.84 Å². The van der Waals surface area contributed by atoms with Gasteiger partial charge in [-0.15, -0.1) is 0 Å². The third kappa shape index (κ3) is 4.36. The Balaban J connectivity index is 1.80. The SMILES string of the molecule is CC(C)NC1(C(=O)O)CCCC1CCSCC1CCCO1. The second-order valence-electron chi connectivity index (χ2n) is 6.66. The number of hydrogen-bond acceptors (Lipinski definition) is 4. The van der Waals surface area contributed by atoms with Gasteiger partial charge in [0, 0.05) is 18.4 Å². The van der Waals surface area contributed by atoms with Crippen LogP contribution in [0, 0.1) is 5.92 Å². The summed E-state index contributed by atoms with van der Waals surface area (Å²) in [5, 5.41) is 13.1. The third-order valence-electron chi connectivity index (χ3n) is 4.69. The molecular formula is C16H29NO3S. The quantitative estimate of drug-likeness (QED) is 0.675. The zero-order valence-corrected chi connectivity index (χ0v) is 14.1. The summed E-state index contributed by atoms with van der Waals surface area (Å²) < 4.78 is 5.63. The topological polar surface area (TPSA) is 58.6 Å². The van der Waals surface area contributed by atoms with Crippen LogP contribution in [0.1, 0.15) is 52.4 Å². The number of ether oxygens (including phenoxy) is 1. The Kier molecular flexibility index (Phi) is 6.38. The van der Waals surface area contributed by atoms with Gasteiger partial charge in [0.25, 0.3) is 0 Å². The molecule has 5 heteroatoms. The molecule has 1 heterocycles. The van der Waals surface area contributed by atoms with Gasteiger partial charge >= 0.3 is 5.97 Å². The van der Waals surface area contributed by atoms with Crippen LogP contribution in [-0.4, -0.2) is 46.9 Å². The molecule has 0 aromatic carbocycles. The number of carboxylic acid groups (broad SMARTS) is 1. The second kappa shape index (κ2) is 7.84. The van der Waals surface area contributed by atoms with Crippen LogP contribution in [0.5, 0.6) is 0 Å². The highest BCUT2D eigenvalue weighted by Crippen LogP contribution is 2.39. The lowest BCUT2D eigenvalue weighted by Crippen LogP contribution is -2.57. The van der Waals surface area contributed by atoms with Gasteiger partial charge in [0.1, 0.15) is 5.54 Å². The molecule has 0 spiro atoms. The van der Waals surface area contributed by atoms with E-state index in [-0.39, 0.29) is 12.0 Å². The van der Waals surface area contributed by atoms with E-state index >= 15 is 0 Å². The summed E-state index contributed by atoms with van der Waals surface area (Å²) in [6.45, 7) is 4.98. The lowest BCUT2D eigenvalue weighted by atomic mass is 9.84. The lowest BCUT2D eigenvalue weighted by Gasteiger charge is -2.34. The molecule has 3 atom stereocenters. The average molecular weight is 315 g/mol. The molecule has 2 rings (SSSR count). The van der Waals surface area contributed by atoms with Crippen molar-refractivity contribution in [3.8, 4) is 0 Å². The average Bonchev–Trinajstić information content (AvgIpc) is 3.04. The molecule has 2 aliphatic rings. The normalized spacial score (nSPS) is 32.9. The molecule has 21 heavy (non-hydrogen) atoms. The van der Waals surface area contributed by atoms with Crippen molar-refractivity contribution in [2.45, 2.75) is 70.1 Å². The van der Waals surface area contributed by atoms with Gasteiger partial charge in [-0.25, -0.2) is 0 Å². The van der Waals surface area contributed by atoms with Crippen LogP contribution in [0.15, 0.2) is 0 Å². The number of aliphatic carboxylic acids is 1. The predicted molar refractivity (Wildman–Crippen MR) is 86.9 cm³/mol. The van der Waals surface area contributed by atoms with Gasteiger partial charge in [-0.1, -0.05) is 6.42 Å². The second-order valence-corrected chi connectivity index (χ2v) is 7.81. The molecule has 122 valence electrons. The van der Waals surface area contributed by atoms with Crippen LogP contribution in [0.25, 0.3) is 0 Å². The first-order valence-corrected chi connectivity index (χ1v) is 9.40. The molecule has 0 bridgehead atoms. The molecule has 0 aromatic heterocycles. The molecule has 2 N–H and O–H groups in total. The molecular weight excluding hydrogens is 286 g/mol. The maximum Gasteiger partial charge on any atom is 0.324 e. The zero-order chi connectivity index (χ0) is 15.3. The highest BCUT2D eigenvalue weighted by molar-refractivity contribution is 7.99. The fourth-order valence-electron chi connectivity index (χ4n) is 3.73. The minimum atomic E-state index is -0.696. The van der Waals surface area contributed by atoms with E-state index in [1.165, 1.54) is 12.8 Å². The van der Waals surface area contributed by atoms with Crippen molar-refractivity contribution in [1.82, 2.24) is 5.32 Å². The Morgan fingerprint density at radius 2 is 2.24 bits per heavy atom. The van der Waals surface area contributed by atoms with Crippen LogP contribution >= 0.6 is 11.8 Å². The smallest absolute Gasteiger partial charge is 0.324 e. The minimum absolute atomic E-state index is 0.209. The number of hydrogen-bond donors (Lipinski definition) is 2. The number of carbonyl (C=O) groups is 1. The van der Waals surface area contributed by atoms with Crippen LogP contribution in [-0.2, 0) is 9.53 Å². The number of carboxylic acids is 1. The molecule has 0 radical (unpaired) electrons. The summed E-state index contributed by atoms with van der Waals surface area (Å²) in [4.78, 5) is 11.8. The van der Waals surface area contributed by atoms with Gasteiger partial charge in [0.2, 0.25) is 0 Å². The standard InChI is InChI=1S/C16H29NO3S/c1-12(2)17-16(15(18)19)8-3-5-13(16)7-10-21-11-14-6-4-9-20-14/h12-14,17H,3-11H2,1-2H3,(H,18,19). The van der Waals surface area contributed by atoms with Crippen molar-refractivity contribution in [3.63, 3.8) is 0 Å². The Hall–Kier alpha value is -0.260. The Morgan fingerprint density at radius 1 is 1.43 bits per heavy atom. The highest BCUT2D eigenvalue weighted by atomic mass is 32.2. The van der Waals surface area contributed by atoms with Crippen LogP contribution < -0.4 is 5.32 Å². The van der Waals surface area contributed by atoms with E-state index in [2.05, 4.69) is 5.32 Å². The maximum atomic E-state index is 11.8. The summed E-state index contributed by atoms with van der Waals surface area (Å²) in [7, 11) is 0. The van der Waals surface area contributed by atoms with Crippen molar-refractivity contribution in [3.05, 3.63) is 0 Å². The van der Waals surface area contributed by atoms with Gasteiger partial charge in [-0.3, -0.25) is 10.1 Å². The monoisotopic (exact) mass is 315 g/mol. The van der Waals surface area contributed by atoms with Crippen molar-refractivity contribution in [2.24, 2.45) is 5.92 Å². The van der Waals surface area contributed by atoms with Crippen molar-refractivity contribution < 1.29 is 14.6 Å². The third-order valence-corrected chi connectivity index (χ3v) is 5.82. The van der Waals surface area contributed by atoms with E-state index in [4.69, 9.17) is 4.74 Å². The Morgan fingerprint density at radius 3 is 2.86 bits per heavy atom. The molecule has 0 amide bonds. The number of nitrogens with one attached hydrogen (secondary N) is 1. The maximum absolute atomic E-state index is 11.8. The summed E-state index contributed by atoms with van der Waals surface area (Å²) >= 11 is 1.92. The molecule has 1 aliphatic carbocycles. The van der Waals surface area contributed by atoms with E-state index < -0.39 is 11.5 Å². The molecule has 0 aromatic rings. The zero-order valence-electron chi connectivity index (χ0n) is 13.3. The van der Waals surface area contributed by atoms with Crippen LogP contribution in [0.3, 0.4) is 0 Å². The minimum Gasteiger partial charge on any atom is -0.480 e. The summed E-state index contributed by atoms with van der Waals surface area (Å²) in [5.74, 6) is 1.70. The molecule has 1 saturated carbocycles. The van der Waals surface area contributed by atoms with E-state index in [0.717, 1.165) is 43.8 Å². The van der Waals surface area contributed by atoms with Gasteiger partial charge in [-0.2, -0.15) is 11.8 Å². The first-order valence-electron chi connectivity index (χ1n) is 8.25. The molecule has 1 aliphatic heterocycles. The van der Waals surface area contributed by atoms with E-state index in [1.807, 2.05) is 25.6 Å². The van der Waals surface area contributed by atoms with Gasteiger partial charge in [0.15, 0.2) is 0 Å². The van der Waals surface area contributed by atoms with Gasteiger partial charge in [-0.05, 0) is 57.6 Å². The summed E-state index contributed by atoms with van der Waals surface area (Å²) in [5.41, 5.74) is -0.696. The Labute approximate surface area is 132 Å². The highest BCUT2D eigenvalue weighted by Gasteiger charge is 2.48. The van der Waals surface area contributed by atoms with Crippen molar-refractivity contribution in [1.29, 1.82) is 0 Å². The number of rotatable bonds is 8. The first-order chi connectivity index (χ1) is 10.0. The largest absolute Gasteiger partial charge is 0.480 e. The van der Waals surface area contributed by atoms with E-state index in [1.54, 1.807) is 0 Å². The molecule has 4 nitrogen and oxygen atoms in total. The van der Waals surface area contributed by atoms with E-state index in [0.29, 0.717) is 6.10 Å². The molecule has 3 unspecified atom stereocenters. The van der Waals surface area contributed by atoms with Gasteiger partial charge in [0.05, 0.1) is 6.10 Å². The lowest BCUT2D eigenvalue weighted by molar-refractivity contribution is -0.147. The predicted octanol–water partition coefficient (Wildman–Crippen LogP) is 2.91. The van der Waals surface area contributed by atoms with Crippen LogP contribution in [0.2, 0.25) is 0 Å². The Bertz CT molecular complexity index is 344. The molecule has 2 fully saturated rings. The van der Waals surface area contributed by atoms with Crippen molar-refractivity contribution >= 4 is 17.7 Å². The summed E-state index contributed by atoms with van der Waals surface area (Å²) in [6, 6.07) is 0.209.